The van der Waals surface area contributed by atoms with Crippen molar-refractivity contribution in [3.05, 3.63) is 16.3 Å². The number of thioether (sulfide) groups is 1. The quantitative estimate of drug-likeness (QED) is 0.629. The number of aryl methyl sites for hydroxylation is 3. The minimum atomic E-state index is 0.0121. The molecule has 5 nitrogen and oxygen atoms in total. The van der Waals surface area contributed by atoms with E-state index in [1.54, 1.807) is 18.4 Å². The van der Waals surface area contributed by atoms with Gasteiger partial charge in [0, 0.05) is 23.4 Å². The Balaban J connectivity index is 1.79. The van der Waals surface area contributed by atoms with Gasteiger partial charge in [0.15, 0.2) is 0 Å². The van der Waals surface area contributed by atoms with Crippen molar-refractivity contribution in [3.63, 3.8) is 0 Å². The van der Waals surface area contributed by atoms with E-state index in [1.165, 1.54) is 40.4 Å². The van der Waals surface area contributed by atoms with Crippen LogP contribution >= 0.6 is 23.1 Å². The fourth-order valence-electron chi connectivity index (χ4n) is 3.07. The number of hydrogen-bond acceptors (Lipinski definition) is 6. The Kier molecular flexibility index (Phi) is 5.73. The summed E-state index contributed by atoms with van der Waals surface area (Å²) in [5.41, 5.74) is 1.41. The molecule has 2 aromatic rings. The maximum atomic E-state index is 12.1. The molecular weight excluding hydrogens is 342 g/mol. The average Bonchev–Trinajstić information content (AvgIpc) is 2.90. The third-order valence-electron chi connectivity index (χ3n) is 4.06. The molecule has 130 valence electrons. The predicted octanol–water partition coefficient (Wildman–Crippen LogP) is 3.12. The molecule has 7 heteroatoms. The Hall–Kier alpha value is -1.18. The summed E-state index contributed by atoms with van der Waals surface area (Å²) in [6.07, 6.45) is 4.74. The zero-order chi connectivity index (χ0) is 17.1. The van der Waals surface area contributed by atoms with Crippen molar-refractivity contribution in [3.8, 4) is 0 Å². The van der Waals surface area contributed by atoms with Crippen molar-refractivity contribution >= 4 is 39.2 Å². The second-order valence-corrected chi connectivity index (χ2v) is 8.23. The number of hydrogen-bond donors (Lipinski definition) is 1. The van der Waals surface area contributed by atoms with Gasteiger partial charge in [0.25, 0.3) is 0 Å². The first kappa shape index (κ1) is 17.6. The molecule has 2 heterocycles. The van der Waals surface area contributed by atoms with E-state index in [1.807, 2.05) is 13.8 Å². The third kappa shape index (κ3) is 3.90. The van der Waals surface area contributed by atoms with Crippen molar-refractivity contribution in [1.82, 2.24) is 15.3 Å². The van der Waals surface area contributed by atoms with Gasteiger partial charge in [-0.05, 0) is 45.1 Å². The Bertz CT molecular complexity index is 745. The van der Waals surface area contributed by atoms with E-state index in [9.17, 15) is 4.79 Å². The van der Waals surface area contributed by atoms with E-state index in [4.69, 9.17) is 4.74 Å². The number of fused-ring (bicyclic) bond motifs is 3. The highest BCUT2D eigenvalue weighted by atomic mass is 32.2. The molecular formula is C17H23N3O2S2. The SMILES string of the molecule is COC[C@H](C)NC(=O)CSc1nc(C)nc2sc3c(c12)CCCC3. The maximum Gasteiger partial charge on any atom is 0.230 e. The molecule has 1 aliphatic rings. The van der Waals surface area contributed by atoms with Gasteiger partial charge < -0.3 is 10.1 Å². The third-order valence-corrected chi connectivity index (χ3v) is 6.22. The lowest BCUT2D eigenvalue weighted by molar-refractivity contribution is -0.119. The molecule has 0 unspecified atom stereocenters. The van der Waals surface area contributed by atoms with Crippen molar-refractivity contribution in [2.45, 2.75) is 50.6 Å². The first-order valence-electron chi connectivity index (χ1n) is 8.28. The molecule has 0 fully saturated rings. The van der Waals surface area contributed by atoms with E-state index < -0.39 is 0 Å². The van der Waals surface area contributed by atoms with Gasteiger partial charge in [0.2, 0.25) is 5.91 Å². The summed E-state index contributed by atoms with van der Waals surface area (Å²) in [5, 5.41) is 5.08. The summed E-state index contributed by atoms with van der Waals surface area (Å²) in [6, 6.07) is 0.0177. The first-order chi connectivity index (χ1) is 11.6. The minimum Gasteiger partial charge on any atom is -0.383 e. The molecule has 2 aromatic heterocycles. The second kappa shape index (κ2) is 7.80. The fourth-order valence-corrected chi connectivity index (χ4v) is 5.36. The number of aromatic nitrogens is 2. The van der Waals surface area contributed by atoms with Gasteiger partial charge in [-0.1, -0.05) is 11.8 Å². The minimum absolute atomic E-state index is 0.0121. The van der Waals surface area contributed by atoms with E-state index >= 15 is 0 Å². The number of carbonyl (C=O) groups is 1. The number of amides is 1. The van der Waals surface area contributed by atoms with E-state index in [0.29, 0.717) is 12.4 Å². The Morgan fingerprint density at radius 3 is 2.96 bits per heavy atom. The number of nitrogens with one attached hydrogen (secondary N) is 1. The van der Waals surface area contributed by atoms with Gasteiger partial charge >= 0.3 is 0 Å². The predicted molar refractivity (Wildman–Crippen MR) is 99.0 cm³/mol. The summed E-state index contributed by atoms with van der Waals surface area (Å²) in [7, 11) is 1.64. The molecule has 0 saturated carbocycles. The number of ether oxygens (including phenoxy) is 1. The summed E-state index contributed by atoms with van der Waals surface area (Å²) >= 11 is 3.31. The fraction of sp³-hybridized carbons (Fsp3) is 0.588. The van der Waals surface area contributed by atoms with Crippen LogP contribution in [0.25, 0.3) is 10.2 Å². The van der Waals surface area contributed by atoms with Crippen LogP contribution in [0.4, 0.5) is 0 Å². The normalized spacial score (nSPS) is 15.3. The van der Waals surface area contributed by atoms with Gasteiger partial charge in [0.05, 0.1) is 12.4 Å². The Morgan fingerprint density at radius 1 is 1.38 bits per heavy atom. The summed E-state index contributed by atoms with van der Waals surface area (Å²) in [5.74, 6) is 1.15. The van der Waals surface area contributed by atoms with Gasteiger partial charge in [-0.2, -0.15) is 0 Å². The number of methoxy groups -OCH3 is 1. The highest BCUT2D eigenvalue weighted by Gasteiger charge is 2.21. The zero-order valence-corrected chi connectivity index (χ0v) is 16.0. The smallest absolute Gasteiger partial charge is 0.230 e. The number of rotatable bonds is 6. The highest BCUT2D eigenvalue weighted by Crippen LogP contribution is 2.39. The van der Waals surface area contributed by atoms with Crippen molar-refractivity contribution in [1.29, 1.82) is 0 Å². The zero-order valence-electron chi connectivity index (χ0n) is 14.3. The van der Waals surface area contributed by atoms with Gasteiger partial charge in [-0.15, -0.1) is 11.3 Å². The summed E-state index contributed by atoms with van der Waals surface area (Å²) < 4.78 is 5.05. The molecule has 1 aliphatic carbocycles. The van der Waals surface area contributed by atoms with E-state index in [0.717, 1.165) is 28.5 Å². The Morgan fingerprint density at radius 2 is 2.17 bits per heavy atom. The van der Waals surface area contributed by atoms with Crippen molar-refractivity contribution in [2.24, 2.45) is 0 Å². The summed E-state index contributed by atoms with van der Waals surface area (Å²) in [4.78, 5) is 23.9. The molecule has 24 heavy (non-hydrogen) atoms. The largest absolute Gasteiger partial charge is 0.383 e. The van der Waals surface area contributed by atoms with Crippen LogP contribution in [-0.2, 0) is 22.4 Å². The lowest BCUT2D eigenvalue weighted by Gasteiger charge is -2.13. The van der Waals surface area contributed by atoms with Crippen LogP contribution in [0.1, 0.15) is 36.0 Å². The first-order valence-corrected chi connectivity index (χ1v) is 10.1. The molecule has 1 amide bonds. The average molecular weight is 366 g/mol. The summed E-state index contributed by atoms with van der Waals surface area (Å²) in [6.45, 7) is 4.38. The molecule has 0 bridgehead atoms. The number of thiophene rings is 1. The number of carbonyl (C=O) groups excluding carboxylic acids is 1. The lowest BCUT2D eigenvalue weighted by atomic mass is 9.97. The van der Waals surface area contributed by atoms with Crippen LogP contribution in [0.5, 0.6) is 0 Å². The molecule has 0 saturated heterocycles. The monoisotopic (exact) mass is 365 g/mol. The van der Waals surface area contributed by atoms with Crippen LogP contribution in [-0.4, -0.2) is 41.4 Å². The number of nitrogens with zero attached hydrogens (tertiary/aromatic N) is 2. The molecule has 1 N–H and O–H groups in total. The second-order valence-electron chi connectivity index (χ2n) is 6.18. The molecule has 0 radical (unpaired) electrons. The topological polar surface area (TPSA) is 64.1 Å². The van der Waals surface area contributed by atoms with Crippen LogP contribution in [0.3, 0.4) is 0 Å². The van der Waals surface area contributed by atoms with Gasteiger partial charge in [0.1, 0.15) is 15.7 Å². The molecule has 0 aromatic carbocycles. The Labute approximate surface area is 150 Å². The van der Waals surface area contributed by atoms with Crippen molar-refractivity contribution < 1.29 is 9.53 Å². The molecule has 0 spiro atoms. The van der Waals surface area contributed by atoms with E-state index in [-0.39, 0.29) is 11.9 Å². The molecule has 0 aliphatic heterocycles. The van der Waals surface area contributed by atoms with Crippen molar-refractivity contribution in [2.75, 3.05) is 19.5 Å². The van der Waals surface area contributed by atoms with Crippen LogP contribution < -0.4 is 5.32 Å². The molecule has 1 atom stereocenters. The highest BCUT2D eigenvalue weighted by molar-refractivity contribution is 8.00. The maximum absolute atomic E-state index is 12.1. The van der Waals surface area contributed by atoms with Gasteiger partial charge in [-0.25, -0.2) is 9.97 Å². The molecule has 3 rings (SSSR count). The van der Waals surface area contributed by atoms with E-state index in [2.05, 4.69) is 15.3 Å². The van der Waals surface area contributed by atoms with Crippen LogP contribution in [0.2, 0.25) is 0 Å². The van der Waals surface area contributed by atoms with Crippen LogP contribution in [0.15, 0.2) is 5.03 Å². The van der Waals surface area contributed by atoms with Gasteiger partial charge in [-0.3, -0.25) is 4.79 Å². The standard InChI is InChI=1S/C17H23N3O2S2/c1-10(8-22-3)18-14(21)9-23-16-15-12-6-4-5-7-13(12)24-17(15)20-11(2)19-16/h10H,4-9H2,1-3H3,(H,18,21)/t10-/m0/s1. The van der Waals surface area contributed by atoms with Crippen LogP contribution in [0, 0.1) is 6.92 Å². The lowest BCUT2D eigenvalue weighted by Crippen LogP contribution is -2.36.